The highest BCUT2D eigenvalue weighted by Gasteiger charge is 2.24. The number of piperidine rings is 1. The highest BCUT2D eigenvalue weighted by molar-refractivity contribution is 6.31. The molecule has 0 saturated carbocycles. The molecule has 134 valence electrons. The molecule has 0 bridgehead atoms. The number of carbonyl (C=O) groups is 1. The van der Waals surface area contributed by atoms with Gasteiger partial charge in [0.15, 0.2) is 5.82 Å². The Hall–Kier alpha value is -1.99. The van der Waals surface area contributed by atoms with E-state index in [2.05, 4.69) is 10.1 Å². The lowest BCUT2D eigenvalue weighted by atomic mass is 10.1. The van der Waals surface area contributed by atoms with Crippen molar-refractivity contribution in [2.45, 2.75) is 32.3 Å². The van der Waals surface area contributed by atoms with Crippen LogP contribution < -0.4 is 0 Å². The fourth-order valence-electron chi connectivity index (χ4n) is 2.80. The molecule has 1 aliphatic rings. The van der Waals surface area contributed by atoms with Gasteiger partial charge in [0.1, 0.15) is 5.82 Å². The SMILES string of the molecule is Cc1nc(CCOC2CCN(C(=O)c3ccc(F)c(Cl)c3)CC2)no1. The summed E-state index contributed by atoms with van der Waals surface area (Å²) in [6, 6.07) is 4.04. The molecular formula is C17H19ClFN3O3. The summed E-state index contributed by atoms with van der Waals surface area (Å²) in [5.41, 5.74) is 0.401. The van der Waals surface area contributed by atoms with E-state index in [1.54, 1.807) is 11.8 Å². The number of hydrogen-bond acceptors (Lipinski definition) is 5. The molecule has 1 amide bonds. The summed E-state index contributed by atoms with van der Waals surface area (Å²) < 4.78 is 24.0. The number of aryl methyl sites for hydroxylation is 1. The van der Waals surface area contributed by atoms with Gasteiger partial charge in [0.25, 0.3) is 5.91 Å². The van der Waals surface area contributed by atoms with Crippen molar-refractivity contribution in [3.05, 3.63) is 46.3 Å². The van der Waals surface area contributed by atoms with E-state index in [0.717, 1.165) is 12.8 Å². The third kappa shape index (κ3) is 4.55. The second-order valence-electron chi connectivity index (χ2n) is 5.97. The third-order valence-electron chi connectivity index (χ3n) is 4.14. The van der Waals surface area contributed by atoms with E-state index in [0.29, 0.717) is 43.4 Å². The molecule has 2 heterocycles. The van der Waals surface area contributed by atoms with Crippen molar-refractivity contribution in [3.63, 3.8) is 0 Å². The van der Waals surface area contributed by atoms with Crippen LogP contribution in [0.5, 0.6) is 0 Å². The fourth-order valence-corrected chi connectivity index (χ4v) is 2.98. The largest absolute Gasteiger partial charge is 0.378 e. The van der Waals surface area contributed by atoms with Gasteiger partial charge >= 0.3 is 0 Å². The molecule has 1 saturated heterocycles. The second kappa shape index (κ2) is 7.93. The van der Waals surface area contributed by atoms with Crippen LogP contribution in [0.1, 0.15) is 34.9 Å². The Bertz CT molecular complexity index is 744. The number of halogens is 2. The van der Waals surface area contributed by atoms with E-state index < -0.39 is 5.82 Å². The van der Waals surface area contributed by atoms with Gasteiger partial charge in [0, 0.05) is 32.0 Å². The molecule has 2 aromatic rings. The lowest BCUT2D eigenvalue weighted by molar-refractivity contribution is 0.00947. The van der Waals surface area contributed by atoms with Crippen LogP contribution in [0.2, 0.25) is 5.02 Å². The quantitative estimate of drug-likeness (QED) is 0.812. The molecular weight excluding hydrogens is 349 g/mol. The first-order valence-corrected chi connectivity index (χ1v) is 8.56. The minimum Gasteiger partial charge on any atom is -0.378 e. The van der Waals surface area contributed by atoms with Crippen LogP contribution in [-0.2, 0) is 11.2 Å². The zero-order valence-corrected chi connectivity index (χ0v) is 14.6. The maximum absolute atomic E-state index is 13.2. The molecule has 6 nitrogen and oxygen atoms in total. The first kappa shape index (κ1) is 17.8. The van der Waals surface area contributed by atoms with Crippen molar-refractivity contribution in [1.82, 2.24) is 15.0 Å². The van der Waals surface area contributed by atoms with E-state index >= 15 is 0 Å². The average Bonchev–Trinajstić information content (AvgIpc) is 3.02. The van der Waals surface area contributed by atoms with Gasteiger partial charge in [-0.2, -0.15) is 4.98 Å². The molecule has 1 aromatic heterocycles. The number of amides is 1. The maximum Gasteiger partial charge on any atom is 0.253 e. The Morgan fingerprint density at radius 1 is 1.44 bits per heavy atom. The van der Waals surface area contributed by atoms with Gasteiger partial charge in [-0.1, -0.05) is 16.8 Å². The molecule has 1 aliphatic heterocycles. The summed E-state index contributed by atoms with van der Waals surface area (Å²) >= 11 is 5.75. The number of ether oxygens (including phenoxy) is 1. The number of aromatic nitrogens is 2. The third-order valence-corrected chi connectivity index (χ3v) is 4.43. The number of rotatable bonds is 5. The topological polar surface area (TPSA) is 68.5 Å². The lowest BCUT2D eigenvalue weighted by Crippen LogP contribution is -2.41. The highest BCUT2D eigenvalue weighted by atomic mass is 35.5. The average molecular weight is 368 g/mol. The number of benzene rings is 1. The first-order valence-electron chi connectivity index (χ1n) is 8.18. The van der Waals surface area contributed by atoms with Crippen LogP contribution in [0, 0.1) is 12.7 Å². The second-order valence-corrected chi connectivity index (χ2v) is 6.38. The van der Waals surface area contributed by atoms with Gasteiger partial charge in [-0.25, -0.2) is 4.39 Å². The molecule has 0 spiro atoms. The number of nitrogens with zero attached hydrogens (tertiary/aromatic N) is 3. The minimum atomic E-state index is -0.526. The van der Waals surface area contributed by atoms with Crippen LogP contribution in [0.15, 0.2) is 22.7 Å². The first-order chi connectivity index (χ1) is 12.0. The summed E-state index contributed by atoms with van der Waals surface area (Å²) in [5, 5.41) is 3.78. The molecule has 8 heteroatoms. The molecule has 0 unspecified atom stereocenters. The Morgan fingerprint density at radius 2 is 2.20 bits per heavy atom. The molecule has 0 aliphatic carbocycles. The molecule has 0 atom stereocenters. The van der Waals surface area contributed by atoms with Crippen LogP contribution in [0.25, 0.3) is 0 Å². The van der Waals surface area contributed by atoms with Crippen LogP contribution in [0.4, 0.5) is 4.39 Å². The van der Waals surface area contributed by atoms with Gasteiger partial charge in [0.2, 0.25) is 5.89 Å². The number of likely N-dealkylation sites (tertiary alicyclic amines) is 1. The predicted molar refractivity (Wildman–Crippen MR) is 89.0 cm³/mol. The van der Waals surface area contributed by atoms with E-state index in [1.165, 1.54) is 18.2 Å². The Morgan fingerprint density at radius 3 is 2.84 bits per heavy atom. The summed E-state index contributed by atoms with van der Waals surface area (Å²) in [5.74, 6) is 0.519. The summed E-state index contributed by atoms with van der Waals surface area (Å²) in [6.45, 7) is 3.46. The van der Waals surface area contributed by atoms with Gasteiger partial charge in [-0.3, -0.25) is 4.79 Å². The minimum absolute atomic E-state index is 0.0410. The van der Waals surface area contributed by atoms with Crippen LogP contribution >= 0.6 is 11.6 Å². The summed E-state index contributed by atoms with van der Waals surface area (Å²) in [6.07, 6.45) is 2.22. The Labute approximate surface area is 149 Å². The van der Waals surface area contributed by atoms with E-state index in [9.17, 15) is 9.18 Å². The van der Waals surface area contributed by atoms with Crippen molar-refractivity contribution < 1.29 is 18.4 Å². The molecule has 1 fully saturated rings. The van der Waals surface area contributed by atoms with Gasteiger partial charge in [0.05, 0.1) is 17.7 Å². The van der Waals surface area contributed by atoms with Crippen molar-refractivity contribution >= 4 is 17.5 Å². The van der Waals surface area contributed by atoms with Gasteiger partial charge in [-0.05, 0) is 31.0 Å². The Kier molecular flexibility index (Phi) is 5.65. The molecule has 0 N–H and O–H groups in total. The van der Waals surface area contributed by atoms with Crippen molar-refractivity contribution in [2.24, 2.45) is 0 Å². The molecule has 25 heavy (non-hydrogen) atoms. The molecule has 3 rings (SSSR count). The van der Waals surface area contributed by atoms with Crippen molar-refractivity contribution in [3.8, 4) is 0 Å². The zero-order chi connectivity index (χ0) is 17.8. The van der Waals surface area contributed by atoms with E-state index in [1.807, 2.05) is 0 Å². The fraction of sp³-hybridized carbons (Fsp3) is 0.471. The molecule has 1 aromatic carbocycles. The lowest BCUT2D eigenvalue weighted by Gasteiger charge is -2.32. The zero-order valence-electron chi connectivity index (χ0n) is 13.9. The summed E-state index contributed by atoms with van der Waals surface area (Å²) in [7, 11) is 0. The summed E-state index contributed by atoms with van der Waals surface area (Å²) in [4.78, 5) is 18.3. The Balaban J connectivity index is 1.44. The number of carbonyl (C=O) groups excluding carboxylic acids is 1. The number of hydrogen-bond donors (Lipinski definition) is 0. The maximum atomic E-state index is 13.2. The smallest absolute Gasteiger partial charge is 0.253 e. The van der Waals surface area contributed by atoms with Crippen LogP contribution in [0.3, 0.4) is 0 Å². The van der Waals surface area contributed by atoms with Crippen molar-refractivity contribution in [1.29, 1.82) is 0 Å². The normalized spacial score (nSPS) is 15.6. The van der Waals surface area contributed by atoms with Crippen molar-refractivity contribution in [2.75, 3.05) is 19.7 Å². The monoisotopic (exact) mass is 367 g/mol. The predicted octanol–water partition coefficient (Wildman–Crippen LogP) is 3.03. The molecule has 0 radical (unpaired) electrons. The highest BCUT2D eigenvalue weighted by Crippen LogP contribution is 2.20. The van der Waals surface area contributed by atoms with Gasteiger partial charge < -0.3 is 14.2 Å². The van der Waals surface area contributed by atoms with Gasteiger partial charge in [-0.15, -0.1) is 0 Å². The standard InChI is InChI=1S/C17H19ClFN3O3/c1-11-20-16(21-25-11)6-9-24-13-4-7-22(8-5-13)17(23)12-2-3-15(19)14(18)10-12/h2-3,10,13H,4-9H2,1H3. The van der Waals surface area contributed by atoms with E-state index in [-0.39, 0.29) is 17.0 Å². The van der Waals surface area contributed by atoms with Crippen LogP contribution in [-0.4, -0.2) is 46.7 Å². The van der Waals surface area contributed by atoms with E-state index in [4.69, 9.17) is 20.9 Å².